The second kappa shape index (κ2) is 6.79. The first-order chi connectivity index (χ1) is 12.1. The van der Waals surface area contributed by atoms with E-state index in [0.29, 0.717) is 22.5 Å². The maximum absolute atomic E-state index is 12.9. The van der Waals surface area contributed by atoms with Gasteiger partial charge in [-0.3, -0.25) is 15.6 Å². The second-order valence-electron chi connectivity index (χ2n) is 4.80. The van der Waals surface area contributed by atoms with Crippen LogP contribution in [0.5, 0.6) is 11.5 Å². The number of nitrogens with two attached hydrogens (primary N) is 1. The van der Waals surface area contributed by atoms with Crippen molar-refractivity contribution >= 4 is 45.5 Å². The van der Waals surface area contributed by atoms with E-state index < -0.39 is 0 Å². The molecule has 9 nitrogen and oxygen atoms in total. The zero-order valence-electron chi connectivity index (χ0n) is 13.3. The molecular formula is C15H14N4O5S. The van der Waals surface area contributed by atoms with Crippen LogP contribution in [0.25, 0.3) is 21.9 Å². The number of methoxy groups -OCH3 is 2. The SMILES string of the molecule is COc1c2occc2c(OC)c2c(=O)c(/C=N/NC(=S)NN)coc12. The molecule has 25 heavy (non-hydrogen) atoms. The molecule has 0 radical (unpaired) electrons. The second-order valence-corrected chi connectivity index (χ2v) is 5.21. The van der Waals surface area contributed by atoms with Crippen molar-refractivity contribution in [3.05, 3.63) is 34.4 Å². The molecule has 0 aliphatic rings. The number of hydrogen-bond acceptors (Lipinski definition) is 8. The van der Waals surface area contributed by atoms with Crippen molar-refractivity contribution in [1.29, 1.82) is 0 Å². The Morgan fingerprint density at radius 3 is 2.72 bits per heavy atom. The van der Waals surface area contributed by atoms with Crippen LogP contribution in [-0.2, 0) is 0 Å². The smallest absolute Gasteiger partial charge is 0.206 e. The topological polar surface area (TPSA) is 124 Å². The van der Waals surface area contributed by atoms with Gasteiger partial charge >= 0.3 is 0 Å². The van der Waals surface area contributed by atoms with E-state index in [9.17, 15) is 4.79 Å². The van der Waals surface area contributed by atoms with E-state index in [-0.39, 0.29) is 27.1 Å². The van der Waals surface area contributed by atoms with Gasteiger partial charge in [-0.15, -0.1) is 0 Å². The molecular weight excluding hydrogens is 348 g/mol. The van der Waals surface area contributed by atoms with Crippen LogP contribution in [-0.4, -0.2) is 25.5 Å². The Hall–Kier alpha value is -3.11. The van der Waals surface area contributed by atoms with Crippen molar-refractivity contribution in [2.45, 2.75) is 0 Å². The summed E-state index contributed by atoms with van der Waals surface area (Å²) in [5.74, 6) is 5.76. The zero-order valence-corrected chi connectivity index (χ0v) is 14.1. The minimum Gasteiger partial charge on any atom is -0.495 e. The van der Waals surface area contributed by atoms with Crippen LogP contribution in [0.1, 0.15) is 5.56 Å². The van der Waals surface area contributed by atoms with Gasteiger partial charge in [-0.05, 0) is 18.3 Å². The molecule has 4 N–H and O–H groups in total. The molecule has 0 amide bonds. The fourth-order valence-corrected chi connectivity index (χ4v) is 2.49. The molecule has 0 spiro atoms. The Kier molecular flexibility index (Phi) is 4.55. The molecule has 0 fully saturated rings. The van der Waals surface area contributed by atoms with E-state index in [2.05, 4.69) is 16.0 Å². The minimum atomic E-state index is -0.350. The van der Waals surface area contributed by atoms with Crippen LogP contribution < -0.4 is 31.6 Å². The minimum absolute atomic E-state index is 0.0979. The molecule has 3 aromatic rings. The van der Waals surface area contributed by atoms with Gasteiger partial charge in [0.15, 0.2) is 11.2 Å². The number of benzene rings is 1. The molecule has 130 valence electrons. The number of hydrazine groups is 1. The zero-order chi connectivity index (χ0) is 18.0. The highest BCUT2D eigenvalue weighted by Gasteiger charge is 2.22. The highest BCUT2D eigenvalue weighted by Crippen LogP contribution is 2.41. The van der Waals surface area contributed by atoms with Crippen LogP contribution in [0.15, 0.2) is 37.3 Å². The van der Waals surface area contributed by atoms with E-state index in [1.165, 1.54) is 33.0 Å². The third-order valence-corrected chi connectivity index (χ3v) is 3.69. The molecule has 2 aromatic heterocycles. The summed E-state index contributed by atoms with van der Waals surface area (Å²) in [6.07, 6.45) is 4.00. The van der Waals surface area contributed by atoms with Gasteiger partial charge in [0, 0.05) is 0 Å². The lowest BCUT2D eigenvalue weighted by atomic mass is 10.1. The molecule has 0 aliphatic heterocycles. The fourth-order valence-electron chi connectivity index (χ4n) is 2.44. The standard InChI is InChI=1S/C15H14N4O5S/c1-21-11-8-3-4-23-12(8)14(22-2)13-9(11)10(20)7(6-24-13)5-17-19-15(25)18-16/h3-6H,16H2,1-2H3,(H2,18,19,25)/b17-5+. The maximum Gasteiger partial charge on any atom is 0.206 e. The molecule has 0 atom stereocenters. The average Bonchev–Trinajstić information content (AvgIpc) is 3.10. The number of ether oxygens (including phenoxy) is 2. The highest BCUT2D eigenvalue weighted by molar-refractivity contribution is 7.80. The van der Waals surface area contributed by atoms with Gasteiger partial charge in [0.05, 0.1) is 37.6 Å². The van der Waals surface area contributed by atoms with Gasteiger partial charge in [-0.2, -0.15) is 5.10 Å². The lowest BCUT2D eigenvalue weighted by Gasteiger charge is -2.10. The monoisotopic (exact) mass is 362 g/mol. The number of nitrogens with zero attached hydrogens (tertiary/aromatic N) is 1. The van der Waals surface area contributed by atoms with Gasteiger partial charge < -0.3 is 18.3 Å². The van der Waals surface area contributed by atoms with Crippen molar-refractivity contribution in [2.24, 2.45) is 10.9 Å². The molecule has 2 heterocycles. The molecule has 10 heteroatoms. The molecule has 0 bridgehead atoms. The van der Waals surface area contributed by atoms with Gasteiger partial charge in [0.25, 0.3) is 0 Å². The third-order valence-electron chi connectivity index (χ3n) is 3.48. The number of furan rings is 1. The molecule has 1 aromatic carbocycles. The van der Waals surface area contributed by atoms with Crippen LogP contribution in [0.4, 0.5) is 0 Å². The Balaban J connectivity index is 2.25. The van der Waals surface area contributed by atoms with Gasteiger partial charge in [0.1, 0.15) is 17.4 Å². The first kappa shape index (κ1) is 16.7. The summed E-state index contributed by atoms with van der Waals surface area (Å²) in [5.41, 5.74) is 5.13. The Bertz CT molecular complexity index is 1040. The number of rotatable bonds is 4. The third kappa shape index (κ3) is 2.77. The molecule has 0 saturated heterocycles. The van der Waals surface area contributed by atoms with Crippen molar-refractivity contribution in [3.63, 3.8) is 0 Å². The van der Waals surface area contributed by atoms with Gasteiger partial charge in [0.2, 0.25) is 16.3 Å². The largest absolute Gasteiger partial charge is 0.495 e. The average molecular weight is 362 g/mol. The predicted octanol–water partition coefficient (Wildman–Crippen LogP) is 1.23. The van der Waals surface area contributed by atoms with E-state index >= 15 is 0 Å². The molecule has 0 unspecified atom stereocenters. The Labute approximate surface area is 146 Å². The highest BCUT2D eigenvalue weighted by atomic mass is 32.1. The van der Waals surface area contributed by atoms with Crippen molar-refractivity contribution in [1.82, 2.24) is 10.9 Å². The maximum atomic E-state index is 12.9. The fraction of sp³-hybridized carbons (Fsp3) is 0.133. The summed E-state index contributed by atoms with van der Waals surface area (Å²) in [5, 5.41) is 4.74. The summed E-state index contributed by atoms with van der Waals surface area (Å²) < 4.78 is 21.8. The van der Waals surface area contributed by atoms with Crippen LogP contribution in [0.2, 0.25) is 0 Å². The lowest BCUT2D eigenvalue weighted by Crippen LogP contribution is -2.37. The van der Waals surface area contributed by atoms with Crippen molar-refractivity contribution in [2.75, 3.05) is 14.2 Å². The van der Waals surface area contributed by atoms with Crippen LogP contribution in [0, 0.1) is 0 Å². The summed E-state index contributed by atoms with van der Waals surface area (Å²) in [7, 11) is 2.92. The molecule has 0 aliphatic carbocycles. The van der Waals surface area contributed by atoms with Gasteiger partial charge in [-0.1, -0.05) is 0 Å². The first-order valence-corrected chi connectivity index (χ1v) is 7.39. The number of thiocarbonyl (C=S) groups is 1. The normalized spacial score (nSPS) is 11.2. The van der Waals surface area contributed by atoms with E-state index in [0.717, 1.165) is 0 Å². The van der Waals surface area contributed by atoms with E-state index in [4.69, 9.17) is 36.4 Å². The number of hydrazone groups is 1. The molecule has 3 rings (SSSR count). The number of hydrogen-bond donors (Lipinski definition) is 3. The number of nitrogens with one attached hydrogen (secondary N) is 2. The quantitative estimate of drug-likeness (QED) is 0.272. The van der Waals surface area contributed by atoms with Gasteiger partial charge in [-0.25, -0.2) is 5.84 Å². The summed E-state index contributed by atoms with van der Waals surface area (Å²) in [6.45, 7) is 0. The van der Waals surface area contributed by atoms with Crippen molar-refractivity contribution in [3.8, 4) is 11.5 Å². The Morgan fingerprint density at radius 1 is 1.28 bits per heavy atom. The van der Waals surface area contributed by atoms with Crippen molar-refractivity contribution < 1.29 is 18.3 Å². The van der Waals surface area contributed by atoms with Crippen LogP contribution in [0.3, 0.4) is 0 Å². The Morgan fingerprint density at radius 2 is 2.04 bits per heavy atom. The number of fused-ring (bicyclic) bond motifs is 2. The summed E-state index contributed by atoms with van der Waals surface area (Å²) in [6, 6.07) is 1.68. The first-order valence-electron chi connectivity index (χ1n) is 6.98. The van der Waals surface area contributed by atoms with E-state index in [1.807, 2.05) is 0 Å². The summed E-state index contributed by atoms with van der Waals surface area (Å²) in [4.78, 5) is 12.9. The molecule has 0 saturated carbocycles. The summed E-state index contributed by atoms with van der Waals surface area (Å²) >= 11 is 4.79. The lowest BCUT2D eigenvalue weighted by molar-refractivity contribution is 0.400. The predicted molar refractivity (Wildman–Crippen MR) is 96.0 cm³/mol. The van der Waals surface area contributed by atoms with Crippen LogP contribution >= 0.6 is 12.2 Å². The van der Waals surface area contributed by atoms with E-state index in [1.54, 1.807) is 6.07 Å².